The van der Waals surface area contributed by atoms with Crippen molar-refractivity contribution in [1.29, 1.82) is 0 Å². The first-order chi connectivity index (χ1) is 47.9. The Balaban J connectivity index is 0.00000195. The Morgan fingerprint density at radius 2 is 0.490 bits per heavy atom. The van der Waals surface area contributed by atoms with Crippen molar-refractivity contribution in [2.45, 2.75) is 222 Å². The first kappa shape index (κ1) is 92.3. The average Bonchev–Trinajstić information content (AvgIpc) is 0.789. The summed E-state index contributed by atoms with van der Waals surface area (Å²) >= 11 is 0. The Hall–Kier alpha value is -7.66. The second-order valence-corrected chi connectivity index (χ2v) is 26.5. The van der Waals surface area contributed by atoms with E-state index < -0.39 is 164 Å². The molecule has 0 spiro atoms. The molecule has 0 aliphatic rings. The van der Waals surface area contributed by atoms with Crippen LogP contribution in [0.2, 0.25) is 0 Å². The van der Waals surface area contributed by atoms with Gasteiger partial charge in [0.05, 0.1) is 91.8 Å². The van der Waals surface area contributed by atoms with Crippen molar-refractivity contribution < 1.29 is 136 Å². The Kier molecular flexibility index (Phi) is 50.9. The number of benzene rings is 2. The van der Waals surface area contributed by atoms with Crippen LogP contribution in [0.1, 0.15) is 186 Å². The number of hydrogen-bond donors (Lipinski definition) is 0. The molecule has 29 nitrogen and oxygen atoms in total. The largest absolute Gasteiger partial charge is 0.539 e. The van der Waals surface area contributed by atoms with E-state index >= 15 is 0 Å². The fourth-order valence-electron chi connectivity index (χ4n) is 8.30. The average molecular weight is 1460 g/mol. The quantitative estimate of drug-likeness (QED) is 0.0283. The van der Waals surface area contributed by atoms with Gasteiger partial charge in [-0.05, 0) is 80.6 Å². The van der Waals surface area contributed by atoms with E-state index in [0.717, 1.165) is 12.8 Å². The van der Waals surface area contributed by atoms with Crippen molar-refractivity contribution in [3.63, 3.8) is 0 Å². The van der Waals surface area contributed by atoms with Gasteiger partial charge < -0.3 is 78.7 Å². The molecule has 0 aromatic heterocycles. The van der Waals surface area contributed by atoms with Gasteiger partial charge in [-0.25, -0.2) is 28.8 Å². The summed E-state index contributed by atoms with van der Waals surface area (Å²) in [4.78, 5) is 164. The van der Waals surface area contributed by atoms with Gasteiger partial charge in [-0.2, -0.15) is 0 Å². The van der Waals surface area contributed by atoms with Crippen molar-refractivity contribution in [2.75, 3.05) is 66.1 Å². The minimum absolute atomic E-state index is 0.00332. The van der Waals surface area contributed by atoms with E-state index in [9.17, 15) is 57.5 Å². The molecule has 2 rings (SSSR count). The third kappa shape index (κ3) is 37.7. The smallest absolute Gasteiger partial charge is 0.466 e. The molecule has 0 N–H and O–H groups in total. The highest BCUT2D eigenvalue weighted by Gasteiger charge is 2.56. The number of Topliss-reactive ketones (excluding diaryl/α,β-unsaturated/α-hetero) is 2. The van der Waals surface area contributed by atoms with E-state index in [4.69, 9.17) is 78.7 Å². The van der Waals surface area contributed by atoms with Gasteiger partial charge in [0.15, 0.2) is 36.6 Å². The van der Waals surface area contributed by atoms with Gasteiger partial charge in [0.2, 0.25) is 0 Å². The molecule has 0 saturated heterocycles. The van der Waals surface area contributed by atoms with Gasteiger partial charge in [-0.3, -0.25) is 28.8 Å². The summed E-state index contributed by atoms with van der Waals surface area (Å²) in [6.07, 6.45) is -7.48. The van der Waals surface area contributed by atoms with Crippen LogP contribution in [0.5, 0.6) is 0 Å². The number of unbranched alkanes of at least 4 members (excludes halogenated alkanes) is 5. The molecule has 2 aromatic rings. The van der Waals surface area contributed by atoms with Crippen molar-refractivity contribution in [3.8, 4) is 0 Å². The molecule has 100 heavy (non-hydrogen) atoms. The number of ketones is 2. The summed E-state index contributed by atoms with van der Waals surface area (Å²) in [5.74, 6) is -9.94. The molecule has 2 aromatic carbocycles. The van der Waals surface area contributed by atoms with E-state index in [1.165, 1.54) is 52.0 Å². The van der Waals surface area contributed by atoms with Gasteiger partial charge in [-0.1, -0.05) is 127 Å². The molecule has 0 heterocycles. The van der Waals surface area contributed by atoms with Crippen LogP contribution in [0.15, 0.2) is 60.7 Å². The maximum Gasteiger partial charge on any atom is 0.539 e. The molecule has 0 saturated carbocycles. The van der Waals surface area contributed by atoms with Crippen LogP contribution in [-0.2, 0) is 136 Å². The SMILES string of the molecule is C=O.CCCCOC(=O)CC(O[Si](OC(CC(C)=O)C(=O)OCCCC)(OC(CC(=O)OCCCC)C(=O)OCCCC)c1ccccc1)C(=O)OCCCC.CCOC(=O)CC(O[Si](OC(CC(C)=O)C(=O)OCC)(OC(CC(=O)OCC)C(=O)OCC)c1ccccc1)C(=O)OCC. The predicted octanol–water partition coefficient (Wildman–Crippen LogP) is 6.84. The number of carbonyl (C=O) groups is 13. The van der Waals surface area contributed by atoms with Crippen molar-refractivity contribution in [1.82, 2.24) is 0 Å². The number of ether oxygens (including phenoxy) is 10. The zero-order chi connectivity index (χ0) is 75.3. The third-order valence-corrected chi connectivity index (χ3v) is 18.8. The van der Waals surface area contributed by atoms with E-state index in [2.05, 4.69) is 0 Å². The van der Waals surface area contributed by atoms with Crippen molar-refractivity contribution in [3.05, 3.63) is 60.7 Å². The lowest BCUT2D eigenvalue weighted by molar-refractivity contribution is -0.169. The van der Waals surface area contributed by atoms with Gasteiger partial charge in [0.25, 0.3) is 0 Å². The summed E-state index contributed by atoms with van der Waals surface area (Å²) in [6, 6.07) is 15.7. The van der Waals surface area contributed by atoms with Crippen molar-refractivity contribution in [2.24, 2.45) is 0 Å². The molecule has 6 unspecified atom stereocenters. The van der Waals surface area contributed by atoms with Crippen LogP contribution in [-0.4, -0.2) is 198 Å². The van der Waals surface area contributed by atoms with Crippen LogP contribution in [0.4, 0.5) is 0 Å². The Morgan fingerprint density at radius 3 is 0.700 bits per heavy atom. The summed E-state index contributed by atoms with van der Waals surface area (Å²) < 4.78 is 90.8. The van der Waals surface area contributed by atoms with E-state index in [0.29, 0.717) is 51.4 Å². The molecule has 0 aliphatic carbocycles. The molecular formula is C69H106O29Si2. The topological polar surface area (TPSA) is 370 Å². The van der Waals surface area contributed by atoms with Gasteiger partial charge in [-0.15, -0.1) is 0 Å². The van der Waals surface area contributed by atoms with Crippen LogP contribution >= 0.6 is 0 Å². The van der Waals surface area contributed by atoms with Crippen LogP contribution in [0.3, 0.4) is 0 Å². The van der Waals surface area contributed by atoms with Gasteiger partial charge in [0, 0.05) is 23.2 Å². The number of hydrogen-bond acceptors (Lipinski definition) is 29. The van der Waals surface area contributed by atoms with E-state index in [-0.39, 0.29) is 76.4 Å². The highest BCUT2D eigenvalue weighted by molar-refractivity contribution is 6.76. The van der Waals surface area contributed by atoms with Crippen LogP contribution in [0, 0.1) is 0 Å². The second kappa shape index (κ2) is 55.1. The Morgan fingerprint density at radius 1 is 0.290 bits per heavy atom. The number of carbonyl (C=O) groups excluding carboxylic acids is 13. The number of rotatable bonds is 52. The molecule has 0 amide bonds. The first-order valence-electron chi connectivity index (χ1n) is 34.0. The highest BCUT2D eigenvalue weighted by atomic mass is 28.4. The first-order valence-corrected chi connectivity index (χ1v) is 37.4. The highest BCUT2D eigenvalue weighted by Crippen LogP contribution is 2.27. The molecule has 31 heteroatoms. The molecule has 0 aliphatic heterocycles. The second-order valence-electron chi connectivity index (χ2n) is 21.7. The maximum absolute atomic E-state index is 13.7. The fraction of sp³-hybridized carbons (Fsp3) is 0.638. The summed E-state index contributed by atoms with van der Waals surface area (Å²) in [6.45, 7) is 21.8. The third-order valence-electron chi connectivity index (χ3n) is 13.2. The minimum Gasteiger partial charge on any atom is -0.466 e. The molecule has 564 valence electrons. The standard InChI is InChI=1S/C39H62O14Si.C29H42O14Si.CH2O/c1-7-12-22-46-35(41)28-33(38(44)49-25-15-10-4)52-54(31-20-18-17-19-21-31,51-32(27-30(6)40)37(43)48-24-14-9-3)53-34(39(45)50-26-16-11-5)29-36(42)47-23-13-8-2;1-7-36-25(31)18-23(28(34)39-10-4)42-44(21-15-13-12-14-16-21,41-22(17-20(6)30)27(33)38-9-3)43-24(29(35)40-11-5)19-26(32)37-8-2;1-2/h17-21,32-34H,7-16,22-29H2,1-6H3;12-16,22-24H,7-11,17-19H2,1-6H3;1H2. The van der Waals surface area contributed by atoms with Crippen LogP contribution < -0.4 is 10.4 Å². The normalized spacial score (nSPS) is 13.8. The van der Waals surface area contributed by atoms with Crippen LogP contribution in [0.25, 0.3) is 0 Å². The maximum atomic E-state index is 13.7. The van der Waals surface area contributed by atoms with Crippen molar-refractivity contribution >= 4 is 106 Å². The minimum atomic E-state index is -4.94. The molecule has 0 bridgehead atoms. The molecule has 0 radical (unpaired) electrons. The van der Waals surface area contributed by atoms with Gasteiger partial charge in [0.1, 0.15) is 18.4 Å². The lowest BCUT2D eigenvalue weighted by Crippen LogP contribution is -2.64. The zero-order valence-corrected chi connectivity index (χ0v) is 62.2. The van der Waals surface area contributed by atoms with E-state index in [1.54, 1.807) is 57.2 Å². The number of esters is 10. The predicted molar refractivity (Wildman–Crippen MR) is 362 cm³/mol. The molecular weight excluding hydrogens is 1350 g/mol. The summed E-state index contributed by atoms with van der Waals surface area (Å²) in [7, 11) is -9.79. The fourth-order valence-corrected chi connectivity index (χ4v) is 14.0. The Bertz CT molecular complexity index is 2640. The lowest BCUT2D eigenvalue weighted by atomic mass is 10.2. The Labute approximate surface area is 589 Å². The molecule has 0 fully saturated rings. The summed E-state index contributed by atoms with van der Waals surface area (Å²) in [5.41, 5.74) is 0. The summed E-state index contributed by atoms with van der Waals surface area (Å²) in [5, 5.41) is 0.241. The van der Waals surface area contributed by atoms with E-state index in [1.807, 2.05) is 41.4 Å². The van der Waals surface area contributed by atoms with Gasteiger partial charge >= 0.3 is 77.3 Å². The lowest BCUT2D eigenvalue weighted by Gasteiger charge is -2.36. The monoisotopic (exact) mass is 1450 g/mol. The molecule has 6 atom stereocenters. The zero-order valence-electron chi connectivity index (χ0n) is 60.2.